The van der Waals surface area contributed by atoms with E-state index in [1.165, 1.54) is 5.56 Å². The number of para-hydroxylation sites is 3. The van der Waals surface area contributed by atoms with Crippen molar-refractivity contribution in [2.75, 3.05) is 6.61 Å². The van der Waals surface area contributed by atoms with E-state index in [4.69, 9.17) is 9.72 Å². The first-order valence-electron chi connectivity index (χ1n) is 11.0. The lowest BCUT2D eigenvalue weighted by molar-refractivity contribution is -0.121. The first-order chi connectivity index (χ1) is 14.5. The summed E-state index contributed by atoms with van der Waals surface area (Å²) in [5.74, 6) is 2.35. The van der Waals surface area contributed by atoms with Crippen LogP contribution >= 0.6 is 0 Å². The monoisotopic (exact) mass is 407 g/mol. The number of nitrogens with one attached hydrogen (secondary N) is 1. The minimum Gasteiger partial charge on any atom is -0.493 e. The van der Waals surface area contributed by atoms with Crippen molar-refractivity contribution in [2.45, 2.75) is 65.5 Å². The Morgan fingerprint density at radius 1 is 1.10 bits per heavy atom. The molecule has 1 aromatic heterocycles. The summed E-state index contributed by atoms with van der Waals surface area (Å²) in [7, 11) is 0. The molecule has 5 nitrogen and oxygen atoms in total. The van der Waals surface area contributed by atoms with Crippen molar-refractivity contribution in [3.05, 3.63) is 59.9 Å². The van der Waals surface area contributed by atoms with E-state index in [1.807, 2.05) is 44.2 Å². The lowest BCUT2D eigenvalue weighted by Crippen LogP contribution is -2.28. The highest BCUT2D eigenvalue weighted by atomic mass is 16.5. The van der Waals surface area contributed by atoms with E-state index >= 15 is 0 Å². The maximum absolute atomic E-state index is 12.1. The number of amides is 1. The Kier molecular flexibility index (Phi) is 7.50. The van der Waals surface area contributed by atoms with E-state index in [0.717, 1.165) is 42.0 Å². The van der Waals surface area contributed by atoms with Crippen LogP contribution in [0.2, 0.25) is 0 Å². The van der Waals surface area contributed by atoms with Gasteiger partial charge in [0.2, 0.25) is 5.91 Å². The third-order valence-corrected chi connectivity index (χ3v) is 5.25. The fraction of sp³-hybridized carbons (Fsp3) is 0.440. The van der Waals surface area contributed by atoms with Crippen LogP contribution in [-0.2, 0) is 11.3 Å². The van der Waals surface area contributed by atoms with Crippen LogP contribution in [0.15, 0.2) is 48.5 Å². The van der Waals surface area contributed by atoms with Gasteiger partial charge in [-0.25, -0.2) is 4.98 Å². The Balaban J connectivity index is 1.71. The first-order valence-corrected chi connectivity index (χ1v) is 11.0. The molecule has 0 fully saturated rings. The molecule has 0 aliphatic rings. The second kappa shape index (κ2) is 10.3. The number of aromatic nitrogens is 2. The summed E-state index contributed by atoms with van der Waals surface area (Å²) in [6, 6.07) is 16.2. The average molecular weight is 408 g/mol. The lowest BCUT2D eigenvalue weighted by Gasteiger charge is -2.17. The minimum absolute atomic E-state index is 0.0669. The van der Waals surface area contributed by atoms with Crippen molar-refractivity contribution in [2.24, 2.45) is 0 Å². The maximum Gasteiger partial charge on any atom is 0.220 e. The summed E-state index contributed by atoms with van der Waals surface area (Å²) < 4.78 is 8.31. The number of benzene rings is 2. The topological polar surface area (TPSA) is 56.2 Å². The molecule has 0 bridgehead atoms. The maximum atomic E-state index is 12.1. The molecule has 160 valence electrons. The first kappa shape index (κ1) is 21.9. The number of aryl methyl sites for hydroxylation is 1. The van der Waals surface area contributed by atoms with E-state index in [-0.39, 0.29) is 11.9 Å². The molecule has 1 unspecified atom stereocenters. The number of ether oxygens (including phenoxy) is 1. The number of nitrogens with zero attached hydrogens (tertiary/aromatic N) is 2. The van der Waals surface area contributed by atoms with Gasteiger partial charge in [0, 0.05) is 13.0 Å². The molecule has 0 radical (unpaired) electrons. The summed E-state index contributed by atoms with van der Waals surface area (Å²) in [6.07, 6.45) is 2.23. The summed E-state index contributed by atoms with van der Waals surface area (Å²) in [5.41, 5.74) is 3.28. The number of fused-ring (bicyclic) bond motifs is 1. The molecule has 0 aliphatic heterocycles. The fourth-order valence-electron chi connectivity index (χ4n) is 3.76. The van der Waals surface area contributed by atoms with Crippen LogP contribution < -0.4 is 10.1 Å². The van der Waals surface area contributed by atoms with E-state index in [0.29, 0.717) is 18.9 Å². The molecule has 5 heteroatoms. The van der Waals surface area contributed by atoms with Crippen LogP contribution in [0.25, 0.3) is 11.0 Å². The van der Waals surface area contributed by atoms with Gasteiger partial charge in [-0.15, -0.1) is 0 Å². The van der Waals surface area contributed by atoms with Crippen molar-refractivity contribution in [3.8, 4) is 5.75 Å². The zero-order valence-corrected chi connectivity index (χ0v) is 18.5. The highest BCUT2D eigenvalue weighted by Crippen LogP contribution is 2.26. The Morgan fingerprint density at radius 2 is 1.83 bits per heavy atom. The van der Waals surface area contributed by atoms with E-state index in [1.54, 1.807) is 0 Å². The molecule has 3 rings (SSSR count). The van der Waals surface area contributed by atoms with Crippen LogP contribution in [0.1, 0.15) is 70.3 Å². The predicted octanol–water partition coefficient (Wildman–Crippen LogP) is 5.61. The van der Waals surface area contributed by atoms with E-state index in [2.05, 4.69) is 41.9 Å². The fourth-order valence-corrected chi connectivity index (χ4v) is 3.76. The molecule has 1 heterocycles. The summed E-state index contributed by atoms with van der Waals surface area (Å²) in [6.45, 7) is 9.79. The molecule has 1 atom stereocenters. The largest absolute Gasteiger partial charge is 0.493 e. The summed E-state index contributed by atoms with van der Waals surface area (Å²) in [5, 5.41) is 3.08. The standard InChI is InChI=1S/C25H33N3O2/c1-5-11-24(29)26-19(4)25-27-21-13-7-8-14-22(21)28(25)16-10-17-30-23-15-9-6-12-20(23)18(2)3/h6-9,12-15,18-19H,5,10-11,16-17H2,1-4H3,(H,26,29). The number of hydrogen-bond donors (Lipinski definition) is 1. The molecule has 30 heavy (non-hydrogen) atoms. The van der Waals surface area contributed by atoms with Crippen molar-refractivity contribution in [1.82, 2.24) is 14.9 Å². The summed E-state index contributed by atoms with van der Waals surface area (Å²) in [4.78, 5) is 16.9. The van der Waals surface area contributed by atoms with Crippen LogP contribution in [0, 0.1) is 0 Å². The van der Waals surface area contributed by atoms with Gasteiger partial charge < -0.3 is 14.6 Å². The number of rotatable bonds is 10. The molecule has 0 aliphatic carbocycles. The Hall–Kier alpha value is -2.82. The van der Waals surface area contributed by atoms with E-state index < -0.39 is 0 Å². The highest BCUT2D eigenvalue weighted by Gasteiger charge is 2.18. The molecular weight excluding hydrogens is 374 g/mol. The van der Waals surface area contributed by atoms with Crippen LogP contribution in [0.4, 0.5) is 0 Å². The third kappa shape index (κ3) is 5.21. The Morgan fingerprint density at radius 3 is 2.60 bits per heavy atom. The van der Waals surface area contributed by atoms with Gasteiger partial charge in [0.25, 0.3) is 0 Å². The number of imidazole rings is 1. The molecule has 0 saturated carbocycles. The SMILES string of the molecule is CCCC(=O)NC(C)c1nc2ccccc2n1CCCOc1ccccc1C(C)C. The summed E-state index contributed by atoms with van der Waals surface area (Å²) >= 11 is 0. The van der Waals surface area contributed by atoms with Crippen molar-refractivity contribution < 1.29 is 9.53 Å². The van der Waals surface area contributed by atoms with Gasteiger partial charge >= 0.3 is 0 Å². The second-order valence-electron chi connectivity index (χ2n) is 8.04. The Bertz CT molecular complexity index is 977. The van der Waals surface area contributed by atoms with Gasteiger partial charge in [0.1, 0.15) is 11.6 Å². The zero-order chi connectivity index (χ0) is 21.5. The van der Waals surface area contributed by atoms with Crippen molar-refractivity contribution in [3.63, 3.8) is 0 Å². The van der Waals surface area contributed by atoms with Gasteiger partial charge in [0.15, 0.2) is 0 Å². The van der Waals surface area contributed by atoms with Gasteiger partial charge in [-0.2, -0.15) is 0 Å². The number of carbonyl (C=O) groups is 1. The van der Waals surface area contributed by atoms with Crippen molar-refractivity contribution in [1.29, 1.82) is 0 Å². The molecule has 2 aromatic carbocycles. The van der Waals surface area contributed by atoms with Crippen LogP contribution in [0.5, 0.6) is 5.75 Å². The molecule has 0 spiro atoms. The second-order valence-corrected chi connectivity index (χ2v) is 8.04. The molecule has 1 N–H and O–H groups in total. The highest BCUT2D eigenvalue weighted by molar-refractivity contribution is 5.78. The zero-order valence-electron chi connectivity index (χ0n) is 18.5. The molecule has 3 aromatic rings. The normalized spacial score (nSPS) is 12.3. The quantitative estimate of drug-likeness (QED) is 0.445. The lowest BCUT2D eigenvalue weighted by atomic mass is 10.0. The third-order valence-electron chi connectivity index (χ3n) is 5.25. The van der Waals surface area contributed by atoms with Crippen LogP contribution in [0.3, 0.4) is 0 Å². The van der Waals surface area contributed by atoms with E-state index in [9.17, 15) is 4.79 Å². The van der Waals surface area contributed by atoms with Crippen LogP contribution in [-0.4, -0.2) is 22.1 Å². The smallest absolute Gasteiger partial charge is 0.220 e. The van der Waals surface area contributed by atoms with Gasteiger partial charge in [-0.1, -0.05) is 51.1 Å². The molecular formula is C25H33N3O2. The van der Waals surface area contributed by atoms with Gasteiger partial charge in [-0.05, 0) is 49.4 Å². The van der Waals surface area contributed by atoms with Gasteiger partial charge in [-0.3, -0.25) is 4.79 Å². The number of carbonyl (C=O) groups excluding carboxylic acids is 1. The van der Waals surface area contributed by atoms with Gasteiger partial charge in [0.05, 0.1) is 23.7 Å². The average Bonchev–Trinajstić information content (AvgIpc) is 3.10. The Labute approximate surface area is 179 Å². The molecule has 1 amide bonds. The molecule has 0 saturated heterocycles. The van der Waals surface area contributed by atoms with Crippen molar-refractivity contribution >= 4 is 16.9 Å². The number of hydrogen-bond acceptors (Lipinski definition) is 3. The predicted molar refractivity (Wildman–Crippen MR) is 122 cm³/mol. The minimum atomic E-state index is -0.140.